The molecular weight excluding hydrogens is 290 g/mol. The van der Waals surface area contributed by atoms with Crippen molar-refractivity contribution in [3.8, 4) is 0 Å². The van der Waals surface area contributed by atoms with Crippen LogP contribution in [-0.2, 0) is 5.75 Å². The smallest absolute Gasteiger partial charge is 0.0701 e. The Labute approximate surface area is 106 Å². The third-order valence-electron chi connectivity index (χ3n) is 1.91. The standard InChI is InChI=1S/C11H10BrNS2/c12-11-5-8(7-15-11)6-14-10-3-1-9(13)2-4-10/h1-5,7H,6,13H2. The van der Waals surface area contributed by atoms with Crippen molar-refractivity contribution < 1.29 is 0 Å². The first-order valence-corrected chi connectivity index (χ1v) is 7.11. The Morgan fingerprint density at radius 1 is 1.27 bits per heavy atom. The van der Waals surface area contributed by atoms with Crippen molar-refractivity contribution in [3.05, 3.63) is 45.1 Å². The molecule has 2 aromatic rings. The van der Waals surface area contributed by atoms with Crippen molar-refractivity contribution in [2.45, 2.75) is 10.6 Å². The normalized spacial score (nSPS) is 10.5. The maximum absolute atomic E-state index is 5.62. The molecule has 15 heavy (non-hydrogen) atoms. The van der Waals surface area contributed by atoms with Gasteiger partial charge in [-0.15, -0.1) is 23.1 Å². The van der Waals surface area contributed by atoms with E-state index in [0.717, 1.165) is 11.4 Å². The molecular formula is C11H10BrNS2. The van der Waals surface area contributed by atoms with E-state index < -0.39 is 0 Å². The van der Waals surface area contributed by atoms with E-state index in [9.17, 15) is 0 Å². The predicted octanol–water partition coefficient (Wildman–Crippen LogP) is 4.39. The minimum absolute atomic E-state index is 0.817. The Balaban J connectivity index is 1.96. The summed E-state index contributed by atoms with van der Waals surface area (Å²) in [5, 5.41) is 2.17. The second-order valence-electron chi connectivity index (χ2n) is 3.12. The molecule has 0 saturated heterocycles. The van der Waals surface area contributed by atoms with Crippen molar-refractivity contribution >= 4 is 44.7 Å². The van der Waals surface area contributed by atoms with Gasteiger partial charge in [0, 0.05) is 16.3 Å². The quantitative estimate of drug-likeness (QED) is 0.672. The molecule has 2 N–H and O–H groups in total. The van der Waals surface area contributed by atoms with E-state index in [4.69, 9.17) is 5.73 Å². The van der Waals surface area contributed by atoms with Gasteiger partial charge in [0.05, 0.1) is 3.79 Å². The van der Waals surface area contributed by atoms with Gasteiger partial charge in [-0.1, -0.05) is 0 Å². The van der Waals surface area contributed by atoms with E-state index in [1.807, 2.05) is 23.9 Å². The molecule has 78 valence electrons. The molecule has 0 aliphatic carbocycles. The number of nitrogens with two attached hydrogens (primary N) is 1. The van der Waals surface area contributed by atoms with Crippen LogP contribution in [0.15, 0.2) is 44.4 Å². The zero-order valence-electron chi connectivity index (χ0n) is 7.94. The van der Waals surface area contributed by atoms with Crippen molar-refractivity contribution in [2.24, 2.45) is 0 Å². The second kappa shape index (κ2) is 5.05. The van der Waals surface area contributed by atoms with Gasteiger partial charge in [-0.05, 0) is 57.2 Å². The van der Waals surface area contributed by atoms with E-state index in [2.05, 4.69) is 39.5 Å². The fraction of sp³-hybridized carbons (Fsp3) is 0.0909. The summed E-state index contributed by atoms with van der Waals surface area (Å²) < 4.78 is 1.19. The van der Waals surface area contributed by atoms with Crippen LogP contribution in [0, 0.1) is 0 Å². The monoisotopic (exact) mass is 299 g/mol. The molecule has 0 aliphatic rings. The Morgan fingerprint density at radius 3 is 2.60 bits per heavy atom. The maximum Gasteiger partial charge on any atom is 0.0701 e. The van der Waals surface area contributed by atoms with Crippen LogP contribution in [0.3, 0.4) is 0 Å². The van der Waals surface area contributed by atoms with Crippen LogP contribution in [-0.4, -0.2) is 0 Å². The first kappa shape index (κ1) is 11.0. The van der Waals surface area contributed by atoms with Crippen molar-refractivity contribution in [1.82, 2.24) is 0 Å². The number of halogens is 1. The van der Waals surface area contributed by atoms with Crippen molar-refractivity contribution in [3.63, 3.8) is 0 Å². The summed E-state index contributed by atoms with van der Waals surface area (Å²) in [5.74, 6) is 1.01. The fourth-order valence-corrected chi connectivity index (χ4v) is 3.30. The van der Waals surface area contributed by atoms with Crippen LogP contribution in [0.4, 0.5) is 5.69 Å². The summed E-state index contributed by atoms with van der Waals surface area (Å²) in [6, 6.07) is 10.1. The molecule has 0 atom stereocenters. The number of rotatable bonds is 3. The minimum Gasteiger partial charge on any atom is -0.399 e. The molecule has 2 rings (SSSR count). The first-order valence-electron chi connectivity index (χ1n) is 4.45. The highest BCUT2D eigenvalue weighted by molar-refractivity contribution is 9.11. The molecule has 0 radical (unpaired) electrons. The van der Waals surface area contributed by atoms with E-state index in [-0.39, 0.29) is 0 Å². The van der Waals surface area contributed by atoms with E-state index in [1.54, 1.807) is 11.3 Å². The fourth-order valence-electron chi connectivity index (χ4n) is 1.15. The second-order valence-corrected chi connectivity index (χ2v) is 6.46. The molecule has 0 fully saturated rings. The minimum atomic E-state index is 0.817. The zero-order valence-corrected chi connectivity index (χ0v) is 11.2. The number of hydrogen-bond donors (Lipinski definition) is 1. The average Bonchev–Trinajstić information content (AvgIpc) is 2.64. The summed E-state index contributed by atoms with van der Waals surface area (Å²) in [7, 11) is 0. The highest BCUT2D eigenvalue weighted by atomic mass is 79.9. The summed E-state index contributed by atoms with van der Waals surface area (Å²) in [6.07, 6.45) is 0. The van der Waals surface area contributed by atoms with Crippen LogP contribution in [0.25, 0.3) is 0 Å². The van der Waals surface area contributed by atoms with E-state index >= 15 is 0 Å². The SMILES string of the molecule is Nc1ccc(SCc2csc(Br)c2)cc1. The summed E-state index contributed by atoms with van der Waals surface area (Å²) in [4.78, 5) is 1.26. The van der Waals surface area contributed by atoms with Gasteiger partial charge in [0.2, 0.25) is 0 Å². The van der Waals surface area contributed by atoms with Gasteiger partial charge < -0.3 is 5.73 Å². The Morgan fingerprint density at radius 2 is 2.00 bits per heavy atom. The van der Waals surface area contributed by atoms with Crippen LogP contribution in [0.2, 0.25) is 0 Å². The lowest BCUT2D eigenvalue weighted by Gasteiger charge is -2.00. The molecule has 0 bridgehead atoms. The molecule has 0 aliphatic heterocycles. The molecule has 0 spiro atoms. The highest BCUT2D eigenvalue weighted by Crippen LogP contribution is 2.27. The van der Waals surface area contributed by atoms with Gasteiger partial charge in [-0.3, -0.25) is 0 Å². The Hall–Kier alpha value is -0.450. The largest absolute Gasteiger partial charge is 0.399 e. The van der Waals surface area contributed by atoms with Crippen LogP contribution >= 0.6 is 39.0 Å². The number of thiophene rings is 1. The molecule has 1 heterocycles. The first-order chi connectivity index (χ1) is 7.24. The number of benzene rings is 1. The van der Waals surface area contributed by atoms with Gasteiger partial charge in [0.25, 0.3) is 0 Å². The number of anilines is 1. The third kappa shape index (κ3) is 3.26. The van der Waals surface area contributed by atoms with Gasteiger partial charge in [-0.2, -0.15) is 0 Å². The maximum atomic E-state index is 5.62. The molecule has 1 nitrogen and oxygen atoms in total. The van der Waals surface area contributed by atoms with E-state index in [0.29, 0.717) is 0 Å². The molecule has 4 heteroatoms. The molecule has 0 saturated carbocycles. The van der Waals surface area contributed by atoms with Crippen LogP contribution in [0.5, 0.6) is 0 Å². The predicted molar refractivity (Wildman–Crippen MR) is 72.4 cm³/mol. The zero-order chi connectivity index (χ0) is 10.7. The summed E-state index contributed by atoms with van der Waals surface area (Å²) in [5.41, 5.74) is 7.80. The number of thioether (sulfide) groups is 1. The van der Waals surface area contributed by atoms with Crippen molar-refractivity contribution in [2.75, 3.05) is 5.73 Å². The summed E-state index contributed by atoms with van der Waals surface area (Å²) >= 11 is 7.01. The van der Waals surface area contributed by atoms with Crippen LogP contribution < -0.4 is 5.73 Å². The average molecular weight is 300 g/mol. The molecule has 0 unspecified atom stereocenters. The summed E-state index contributed by atoms with van der Waals surface area (Å²) in [6.45, 7) is 0. The van der Waals surface area contributed by atoms with E-state index in [1.165, 1.54) is 14.2 Å². The van der Waals surface area contributed by atoms with Crippen LogP contribution in [0.1, 0.15) is 5.56 Å². The Kier molecular flexibility index (Phi) is 3.72. The molecule has 1 aromatic heterocycles. The van der Waals surface area contributed by atoms with Gasteiger partial charge >= 0.3 is 0 Å². The Bertz CT molecular complexity index is 436. The third-order valence-corrected chi connectivity index (χ3v) is 4.54. The number of nitrogen functional groups attached to an aromatic ring is 1. The molecule has 0 amide bonds. The van der Waals surface area contributed by atoms with Crippen molar-refractivity contribution in [1.29, 1.82) is 0 Å². The van der Waals surface area contributed by atoms with Gasteiger partial charge in [0.1, 0.15) is 0 Å². The molecule has 1 aromatic carbocycles. The lowest BCUT2D eigenvalue weighted by molar-refractivity contribution is 1.41. The lowest BCUT2D eigenvalue weighted by atomic mass is 10.3. The lowest BCUT2D eigenvalue weighted by Crippen LogP contribution is -1.82. The topological polar surface area (TPSA) is 26.0 Å². The van der Waals surface area contributed by atoms with Gasteiger partial charge in [0.15, 0.2) is 0 Å². The van der Waals surface area contributed by atoms with Gasteiger partial charge in [-0.25, -0.2) is 0 Å². The number of hydrogen-bond acceptors (Lipinski definition) is 3. The highest BCUT2D eigenvalue weighted by Gasteiger charge is 1.99.